The van der Waals surface area contributed by atoms with Gasteiger partial charge in [-0.05, 0) is 25.0 Å². The largest absolute Gasteiger partial charge is 0.361 e. The number of aryl methyl sites for hydroxylation is 1. The topological polar surface area (TPSA) is 84.5 Å². The number of aromatic nitrogens is 6. The van der Waals surface area contributed by atoms with Crippen LogP contribution in [-0.4, -0.2) is 56.5 Å². The summed E-state index contributed by atoms with van der Waals surface area (Å²) in [5.74, 6) is 2.81. The third-order valence-electron chi connectivity index (χ3n) is 4.88. The average Bonchev–Trinajstić information content (AvgIpc) is 3.07. The summed E-state index contributed by atoms with van der Waals surface area (Å²) in [4.78, 5) is 20.3. The SMILES string of the molecule is CN(C)c1ccc2nnc(C3CCN(c4cc(=O)n(C)cn4)CC3)n2n1. The van der Waals surface area contributed by atoms with Crippen molar-refractivity contribution in [2.75, 3.05) is 37.0 Å². The summed E-state index contributed by atoms with van der Waals surface area (Å²) in [6.45, 7) is 1.65. The fourth-order valence-electron chi connectivity index (χ4n) is 3.28. The highest BCUT2D eigenvalue weighted by atomic mass is 16.1. The van der Waals surface area contributed by atoms with E-state index in [1.165, 1.54) is 4.57 Å². The zero-order chi connectivity index (χ0) is 18.3. The van der Waals surface area contributed by atoms with E-state index in [2.05, 4.69) is 25.2 Å². The lowest BCUT2D eigenvalue weighted by molar-refractivity contribution is 0.474. The molecule has 0 radical (unpaired) electrons. The maximum absolute atomic E-state index is 11.8. The average molecular weight is 354 g/mol. The summed E-state index contributed by atoms with van der Waals surface area (Å²) in [5, 5.41) is 13.3. The van der Waals surface area contributed by atoms with Gasteiger partial charge in [-0.2, -0.15) is 4.52 Å². The van der Waals surface area contributed by atoms with Crippen LogP contribution in [0.25, 0.3) is 5.65 Å². The van der Waals surface area contributed by atoms with Crippen LogP contribution in [0.2, 0.25) is 0 Å². The smallest absolute Gasteiger partial charge is 0.255 e. The summed E-state index contributed by atoms with van der Waals surface area (Å²) < 4.78 is 3.33. The van der Waals surface area contributed by atoms with Crippen molar-refractivity contribution in [3.8, 4) is 0 Å². The summed E-state index contributed by atoms with van der Waals surface area (Å²) in [5.41, 5.74) is 0.724. The van der Waals surface area contributed by atoms with Crippen molar-refractivity contribution in [2.45, 2.75) is 18.8 Å². The number of hydrogen-bond acceptors (Lipinski definition) is 7. The molecule has 0 atom stereocenters. The fraction of sp³-hybridized carbons (Fsp3) is 0.471. The third kappa shape index (κ3) is 2.89. The standard InChI is InChI=1S/C17H22N8O/c1-22(2)14-5-4-13-19-20-17(25(13)21-14)12-6-8-24(9-7-12)15-10-16(26)23(3)11-18-15/h4-5,10-12H,6-9H2,1-3H3. The van der Waals surface area contributed by atoms with E-state index >= 15 is 0 Å². The number of fused-ring (bicyclic) bond motifs is 1. The lowest BCUT2D eigenvalue weighted by Gasteiger charge is -2.31. The van der Waals surface area contributed by atoms with E-state index in [4.69, 9.17) is 0 Å². The van der Waals surface area contributed by atoms with Gasteiger partial charge in [0.2, 0.25) is 0 Å². The Hall–Kier alpha value is -2.97. The highest BCUT2D eigenvalue weighted by Crippen LogP contribution is 2.28. The molecule has 3 aromatic heterocycles. The Balaban J connectivity index is 1.54. The molecule has 9 nitrogen and oxygen atoms in total. The van der Waals surface area contributed by atoms with Crippen LogP contribution in [0.3, 0.4) is 0 Å². The van der Waals surface area contributed by atoms with E-state index in [0.717, 1.165) is 49.0 Å². The fourth-order valence-corrected chi connectivity index (χ4v) is 3.28. The van der Waals surface area contributed by atoms with Gasteiger partial charge in [-0.15, -0.1) is 15.3 Å². The van der Waals surface area contributed by atoms with Crippen molar-refractivity contribution in [3.05, 3.63) is 40.7 Å². The first-order valence-electron chi connectivity index (χ1n) is 8.70. The Morgan fingerprint density at radius 3 is 2.62 bits per heavy atom. The van der Waals surface area contributed by atoms with Gasteiger partial charge < -0.3 is 14.4 Å². The summed E-state index contributed by atoms with van der Waals surface area (Å²) in [6.07, 6.45) is 3.42. The minimum atomic E-state index is -0.0408. The van der Waals surface area contributed by atoms with Gasteiger partial charge in [0.05, 0.1) is 6.33 Å². The molecule has 1 fully saturated rings. The van der Waals surface area contributed by atoms with E-state index in [1.807, 2.05) is 35.6 Å². The van der Waals surface area contributed by atoms with Crippen LogP contribution in [-0.2, 0) is 7.05 Å². The van der Waals surface area contributed by atoms with E-state index in [-0.39, 0.29) is 11.5 Å². The van der Waals surface area contributed by atoms with Crippen LogP contribution < -0.4 is 15.4 Å². The molecule has 0 amide bonds. The van der Waals surface area contributed by atoms with Gasteiger partial charge in [-0.3, -0.25) is 4.79 Å². The minimum Gasteiger partial charge on any atom is -0.361 e. The van der Waals surface area contributed by atoms with Crippen molar-refractivity contribution in [2.24, 2.45) is 7.05 Å². The Morgan fingerprint density at radius 1 is 1.15 bits per heavy atom. The number of piperidine rings is 1. The predicted molar refractivity (Wildman–Crippen MR) is 98.8 cm³/mol. The molecule has 3 aromatic rings. The van der Waals surface area contributed by atoms with Gasteiger partial charge in [-0.25, -0.2) is 4.98 Å². The highest BCUT2D eigenvalue weighted by Gasteiger charge is 2.26. The lowest BCUT2D eigenvalue weighted by atomic mass is 9.96. The van der Waals surface area contributed by atoms with E-state index in [1.54, 1.807) is 19.4 Å². The van der Waals surface area contributed by atoms with Gasteiger partial charge in [0.25, 0.3) is 5.56 Å². The molecule has 26 heavy (non-hydrogen) atoms. The monoisotopic (exact) mass is 354 g/mol. The molecule has 0 aromatic carbocycles. The molecule has 0 saturated carbocycles. The summed E-state index contributed by atoms with van der Waals surface area (Å²) in [7, 11) is 5.64. The third-order valence-corrected chi connectivity index (χ3v) is 4.88. The Kier molecular flexibility index (Phi) is 4.06. The number of hydrogen-bond donors (Lipinski definition) is 0. The molecule has 0 spiro atoms. The van der Waals surface area contributed by atoms with Gasteiger partial charge in [0.1, 0.15) is 11.6 Å². The molecule has 9 heteroatoms. The van der Waals surface area contributed by atoms with Gasteiger partial charge in [-0.1, -0.05) is 0 Å². The van der Waals surface area contributed by atoms with E-state index in [0.29, 0.717) is 0 Å². The first kappa shape index (κ1) is 16.5. The molecule has 1 aliphatic heterocycles. The first-order chi connectivity index (χ1) is 12.5. The van der Waals surface area contributed by atoms with Crippen LogP contribution in [0.1, 0.15) is 24.6 Å². The molecule has 0 aliphatic carbocycles. The van der Waals surface area contributed by atoms with Gasteiger partial charge in [0.15, 0.2) is 11.5 Å². The van der Waals surface area contributed by atoms with Crippen molar-refractivity contribution < 1.29 is 0 Å². The lowest BCUT2D eigenvalue weighted by Crippen LogP contribution is -2.35. The van der Waals surface area contributed by atoms with Crippen LogP contribution >= 0.6 is 0 Å². The van der Waals surface area contributed by atoms with Crippen molar-refractivity contribution >= 4 is 17.3 Å². The molecule has 4 heterocycles. The Morgan fingerprint density at radius 2 is 1.92 bits per heavy atom. The summed E-state index contributed by atoms with van der Waals surface area (Å²) in [6, 6.07) is 5.48. The van der Waals surface area contributed by atoms with Crippen LogP contribution in [0.4, 0.5) is 11.6 Å². The second kappa shape index (κ2) is 6.40. The second-order valence-corrected chi connectivity index (χ2v) is 6.87. The van der Waals surface area contributed by atoms with Gasteiger partial charge >= 0.3 is 0 Å². The number of anilines is 2. The first-order valence-corrected chi connectivity index (χ1v) is 8.70. The van der Waals surface area contributed by atoms with Crippen molar-refractivity contribution in [3.63, 3.8) is 0 Å². The van der Waals surface area contributed by atoms with Crippen molar-refractivity contribution in [1.29, 1.82) is 0 Å². The molecule has 4 rings (SSSR count). The Bertz CT molecular complexity index is 984. The summed E-state index contributed by atoms with van der Waals surface area (Å²) >= 11 is 0. The molecule has 0 bridgehead atoms. The molecular weight excluding hydrogens is 332 g/mol. The molecule has 1 saturated heterocycles. The predicted octanol–water partition coefficient (Wildman–Crippen LogP) is 0.668. The molecule has 0 N–H and O–H groups in total. The number of nitrogens with zero attached hydrogens (tertiary/aromatic N) is 8. The van der Waals surface area contributed by atoms with Gasteiger partial charge in [0, 0.05) is 46.2 Å². The van der Waals surface area contributed by atoms with Crippen LogP contribution in [0.5, 0.6) is 0 Å². The Labute approximate surface area is 150 Å². The second-order valence-electron chi connectivity index (χ2n) is 6.87. The quantitative estimate of drug-likeness (QED) is 0.683. The molecular formula is C17H22N8O. The zero-order valence-electron chi connectivity index (χ0n) is 15.2. The van der Waals surface area contributed by atoms with E-state index < -0.39 is 0 Å². The van der Waals surface area contributed by atoms with Crippen LogP contribution in [0, 0.1) is 0 Å². The maximum atomic E-state index is 11.8. The molecule has 136 valence electrons. The minimum absolute atomic E-state index is 0.0408. The van der Waals surface area contributed by atoms with E-state index in [9.17, 15) is 4.79 Å². The van der Waals surface area contributed by atoms with Crippen molar-refractivity contribution in [1.82, 2.24) is 29.4 Å². The molecule has 1 aliphatic rings. The zero-order valence-corrected chi connectivity index (χ0v) is 15.2. The molecule has 0 unspecified atom stereocenters. The maximum Gasteiger partial charge on any atom is 0.255 e. The number of rotatable bonds is 3. The normalized spacial score (nSPS) is 15.6. The van der Waals surface area contributed by atoms with Crippen LogP contribution in [0.15, 0.2) is 29.3 Å². The highest BCUT2D eigenvalue weighted by molar-refractivity contribution is 5.45.